The molecule has 0 aliphatic rings. The maximum Gasteiger partial charge on any atom is 0.360 e. The zero-order valence-corrected chi connectivity index (χ0v) is 15.0. The third kappa shape index (κ3) is 4.82. The molecule has 0 saturated heterocycles. The lowest BCUT2D eigenvalue weighted by Crippen LogP contribution is -2.35. The minimum Gasteiger partial charge on any atom is -0.464 e. The minimum atomic E-state index is -0.573. The van der Waals surface area contributed by atoms with Crippen molar-refractivity contribution in [2.45, 2.75) is 33.7 Å². The summed E-state index contributed by atoms with van der Waals surface area (Å²) in [6, 6.07) is 5.51. The second kappa shape index (κ2) is 8.32. The van der Waals surface area contributed by atoms with Gasteiger partial charge in [0.1, 0.15) is 6.26 Å². The summed E-state index contributed by atoms with van der Waals surface area (Å²) in [5.41, 5.74) is 3.09. The molecule has 0 aliphatic heterocycles. The van der Waals surface area contributed by atoms with E-state index in [1.807, 2.05) is 39.0 Å². The normalized spacial score (nSPS) is 10.4. The van der Waals surface area contributed by atoms with E-state index in [1.54, 1.807) is 4.90 Å². The van der Waals surface area contributed by atoms with E-state index in [9.17, 15) is 9.59 Å². The Morgan fingerprint density at radius 3 is 2.68 bits per heavy atom. The van der Waals surface area contributed by atoms with Crippen LogP contribution < -0.4 is 5.32 Å². The molecule has 1 heterocycles. The molecule has 2 amide bonds. The highest BCUT2D eigenvalue weighted by Crippen LogP contribution is 2.15. The Hall–Kier alpha value is -2.83. The van der Waals surface area contributed by atoms with Gasteiger partial charge in [0.15, 0.2) is 5.69 Å². The van der Waals surface area contributed by atoms with Gasteiger partial charge in [-0.05, 0) is 43.5 Å². The van der Waals surface area contributed by atoms with Gasteiger partial charge in [0, 0.05) is 12.2 Å². The molecule has 7 heteroatoms. The maximum absolute atomic E-state index is 12.6. The number of carbonyl (C=O) groups excluding carboxylic acids is 2. The van der Waals surface area contributed by atoms with Crippen LogP contribution in [0.5, 0.6) is 0 Å². The molecule has 25 heavy (non-hydrogen) atoms. The van der Waals surface area contributed by atoms with Crippen LogP contribution in [0.15, 0.2) is 28.9 Å². The number of carbonyl (C=O) groups is 2. The number of ether oxygens (including phenoxy) is 1. The van der Waals surface area contributed by atoms with Crippen LogP contribution in [0.3, 0.4) is 0 Å². The zero-order chi connectivity index (χ0) is 18.4. The van der Waals surface area contributed by atoms with Crippen molar-refractivity contribution in [3.63, 3.8) is 0 Å². The predicted octanol–water partition coefficient (Wildman–Crippen LogP) is 3.52. The summed E-state index contributed by atoms with van der Waals surface area (Å²) in [6.07, 6.45) is 2.01. The molecule has 2 aromatic rings. The molecule has 0 aliphatic carbocycles. The van der Waals surface area contributed by atoms with Crippen molar-refractivity contribution in [3.05, 3.63) is 47.2 Å². The number of amides is 2. The van der Waals surface area contributed by atoms with Gasteiger partial charge in [-0.3, -0.25) is 0 Å². The number of benzene rings is 1. The number of rotatable bonds is 6. The highest BCUT2D eigenvalue weighted by Gasteiger charge is 2.18. The molecule has 7 nitrogen and oxygen atoms in total. The molecule has 0 atom stereocenters. The lowest BCUT2D eigenvalue weighted by atomic mass is 10.1. The average molecular weight is 345 g/mol. The molecule has 0 unspecified atom stereocenters. The van der Waals surface area contributed by atoms with Crippen LogP contribution in [0, 0.1) is 13.8 Å². The van der Waals surface area contributed by atoms with Crippen LogP contribution in [-0.4, -0.2) is 35.5 Å². The van der Waals surface area contributed by atoms with Crippen LogP contribution in [0.2, 0.25) is 0 Å². The predicted molar refractivity (Wildman–Crippen MR) is 93.5 cm³/mol. The van der Waals surface area contributed by atoms with E-state index in [0.29, 0.717) is 6.54 Å². The third-order valence-corrected chi connectivity index (χ3v) is 3.81. The largest absolute Gasteiger partial charge is 0.464 e. The summed E-state index contributed by atoms with van der Waals surface area (Å²) in [7, 11) is 1.27. The van der Waals surface area contributed by atoms with E-state index in [4.69, 9.17) is 4.42 Å². The molecule has 0 saturated carbocycles. The smallest absolute Gasteiger partial charge is 0.360 e. The standard InChI is InChI=1S/C18H23N3O4/c1-5-8-21(10-16-20-15(11-25-16)17(22)24-4)18(23)19-14-7-6-12(2)13(3)9-14/h6-7,9,11H,5,8,10H2,1-4H3,(H,19,23). The first kappa shape index (κ1) is 18.5. The van der Waals surface area contributed by atoms with Gasteiger partial charge in [0.05, 0.1) is 13.7 Å². The van der Waals surface area contributed by atoms with E-state index in [0.717, 1.165) is 17.7 Å². The number of oxazole rings is 1. The minimum absolute atomic E-state index is 0.0866. The number of hydrogen-bond donors (Lipinski definition) is 1. The Kier molecular flexibility index (Phi) is 6.16. The van der Waals surface area contributed by atoms with E-state index in [1.165, 1.54) is 18.9 Å². The second-order valence-electron chi connectivity index (χ2n) is 5.77. The molecule has 1 aromatic heterocycles. The molecular formula is C18H23N3O4. The van der Waals surface area contributed by atoms with Gasteiger partial charge in [0.25, 0.3) is 0 Å². The summed E-state index contributed by atoms with van der Waals surface area (Å²) in [6.45, 7) is 6.70. The van der Waals surface area contributed by atoms with Crippen LogP contribution in [0.25, 0.3) is 0 Å². The highest BCUT2D eigenvalue weighted by atomic mass is 16.5. The molecule has 0 fully saturated rings. The summed E-state index contributed by atoms with van der Waals surface area (Å²) >= 11 is 0. The first-order chi connectivity index (χ1) is 11.9. The first-order valence-corrected chi connectivity index (χ1v) is 8.10. The van der Waals surface area contributed by atoms with Crippen molar-refractivity contribution in [2.75, 3.05) is 19.0 Å². The fourth-order valence-corrected chi connectivity index (χ4v) is 2.29. The zero-order valence-electron chi connectivity index (χ0n) is 15.0. The SMILES string of the molecule is CCCN(Cc1nc(C(=O)OC)co1)C(=O)Nc1ccc(C)c(C)c1. The van der Waals surface area contributed by atoms with E-state index in [-0.39, 0.29) is 24.2 Å². The van der Waals surface area contributed by atoms with E-state index >= 15 is 0 Å². The maximum atomic E-state index is 12.6. The van der Waals surface area contributed by atoms with E-state index < -0.39 is 5.97 Å². The molecule has 1 aromatic carbocycles. The Balaban J connectivity index is 2.08. The van der Waals surface area contributed by atoms with Crippen molar-refractivity contribution in [3.8, 4) is 0 Å². The van der Waals surface area contributed by atoms with Crippen molar-refractivity contribution in [1.82, 2.24) is 9.88 Å². The monoisotopic (exact) mass is 345 g/mol. The number of esters is 1. The Morgan fingerprint density at radius 2 is 2.04 bits per heavy atom. The van der Waals surface area contributed by atoms with Crippen LogP contribution in [0.4, 0.5) is 10.5 Å². The van der Waals surface area contributed by atoms with E-state index in [2.05, 4.69) is 15.0 Å². The number of aryl methyl sites for hydroxylation is 2. The number of hydrogen-bond acceptors (Lipinski definition) is 5. The molecule has 0 radical (unpaired) electrons. The molecule has 2 rings (SSSR count). The first-order valence-electron chi connectivity index (χ1n) is 8.10. The lowest BCUT2D eigenvalue weighted by molar-refractivity contribution is 0.0594. The molecule has 0 spiro atoms. The second-order valence-corrected chi connectivity index (χ2v) is 5.77. The van der Waals surface area contributed by atoms with Gasteiger partial charge in [0.2, 0.25) is 5.89 Å². The van der Waals surface area contributed by atoms with Crippen LogP contribution in [0.1, 0.15) is 40.9 Å². The number of aromatic nitrogens is 1. The Labute approximate surface area is 147 Å². The van der Waals surface area contributed by atoms with Gasteiger partial charge >= 0.3 is 12.0 Å². The molecular weight excluding hydrogens is 322 g/mol. The van der Waals surface area contributed by atoms with Gasteiger partial charge < -0.3 is 19.4 Å². The van der Waals surface area contributed by atoms with Gasteiger partial charge in [-0.25, -0.2) is 14.6 Å². The van der Waals surface area contributed by atoms with Crippen LogP contribution >= 0.6 is 0 Å². The summed E-state index contributed by atoms with van der Waals surface area (Å²) in [4.78, 5) is 29.6. The van der Waals surface area contributed by atoms with Gasteiger partial charge in [-0.2, -0.15) is 0 Å². The average Bonchev–Trinajstić information content (AvgIpc) is 3.05. The molecule has 1 N–H and O–H groups in total. The molecule has 134 valence electrons. The van der Waals surface area contributed by atoms with Crippen molar-refractivity contribution >= 4 is 17.7 Å². The van der Waals surface area contributed by atoms with Crippen molar-refractivity contribution in [2.24, 2.45) is 0 Å². The lowest BCUT2D eigenvalue weighted by Gasteiger charge is -2.21. The van der Waals surface area contributed by atoms with Crippen LogP contribution in [-0.2, 0) is 11.3 Å². The number of methoxy groups -OCH3 is 1. The Bertz CT molecular complexity index is 755. The fourth-order valence-electron chi connectivity index (χ4n) is 2.29. The topological polar surface area (TPSA) is 84.7 Å². The Morgan fingerprint density at radius 1 is 1.28 bits per heavy atom. The van der Waals surface area contributed by atoms with Gasteiger partial charge in [-0.1, -0.05) is 13.0 Å². The molecule has 0 bridgehead atoms. The van der Waals surface area contributed by atoms with Crippen molar-refractivity contribution < 1.29 is 18.7 Å². The number of nitrogens with one attached hydrogen (secondary N) is 1. The summed E-state index contributed by atoms with van der Waals surface area (Å²) in [5, 5.41) is 2.88. The quantitative estimate of drug-likeness (QED) is 0.810. The number of urea groups is 1. The number of anilines is 1. The highest BCUT2D eigenvalue weighted by molar-refractivity contribution is 5.89. The van der Waals surface area contributed by atoms with Gasteiger partial charge in [-0.15, -0.1) is 0 Å². The summed E-state index contributed by atoms with van der Waals surface area (Å²) < 4.78 is 9.86. The summed E-state index contributed by atoms with van der Waals surface area (Å²) in [5.74, 6) is -0.291. The fraction of sp³-hybridized carbons (Fsp3) is 0.389. The van der Waals surface area contributed by atoms with Crippen molar-refractivity contribution in [1.29, 1.82) is 0 Å². The number of nitrogens with zero attached hydrogens (tertiary/aromatic N) is 2. The third-order valence-electron chi connectivity index (χ3n) is 3.81.